The molecule has 3 rings (SSSR count). The van der Waals surface area contributed by atoms with Gasteiger partial charge in [0, 0.05) is 16.3 Å². The van der Waals surface area contributed by atoms with Gasteiger partial charge in [0.25, 0.3) is 10.0 Å². The van der Waals surface area contributed by atoms with E-state index >= 15 is 0 Å². The number of rotatable bonds is 5. The molecule has 0 N–H and O–H groups in total. The second-order valence-corrected chi connectivity index (χ2v) is 25.4. The topological polar surface area (TPSA) is 46.6 Å². The Labute approximate surface area is 205 Å². The lowest BCUT2D eigenvalue weighted by molar-refractivity contribution is 0.547. The summed E-state index contributed by atoms with van der Waals surface area (Å²) in [7, 11) is -7.28. The molecule has 1 aliphatic heterocycles. The van der Waals surface area contributed by atoms with Gasteiger partial charge in [-0.05, 0) is 61.7 Å². The number of hydrogen-bond acceptors (Lipinski definition) is 5. The van der Waals surface area contributed by atoms with Crippen molar-refractivity contribution >= 4 is 55.0 Å². The third-order valence-electron chi connectivity index (χ3n) is 5.43. The molecule has 2 aromatic heterocycles. The molecule has 0 fully saturated rings. The van der Waals surface area contributed by atoms with E-state index in [1.807, 2.05) is 6.07 Å². The fourth-order valence-corrected chi connectivity index (χ4v) is 16.6. The van der Waals surface area contributed by atoms with Crippen LogP contribution in [-0.2, 0) is 25.0 Å². The van der Waals surface area contributed by atoms with Crippen molar-refractivity contribution in [3.8, 4) is 9.75 Å². The Kier molecular flexibility index (Phi) is 6.58. The van der Waals surface area contributed by atoms with Crippen LogP contribution >= 0.6 is 22.7 Å². The van der Waals surface area contributed by atoms with Crippen LogP contribution in [0.2, 0.25) is 38.8 Å². The summed E-state index contributed by atoms with van der Waals surface area (Å²) in [6.45, 7) is 24.5. The maximum Gasteiger partial charge on any atom is 0.265 e. The number of thiophene rings is 2. The normalized spacial score (nSPS) is 16.8. The molecule has 0 aliphatic carbocycles. The summed E-state index contributed by atoms with van der Waals surface area (Å²) >= 11 is 3.39. The highest BCUT2D eigenvalue weighted by molar-refractivity contribution is 7.93. The van der Waals surface area contributed by atoms with Gasteiger partial charge in [0.15, 0.2) is 16.6 Å². The standard InChI is InChI=1S/C23H39NO3S3Si2/c1-22(2,3)18-14-16-20(28-18)21-17(15-19(29-21)23(4,5)6)30(25,26)24(16)12-13-32(10,11)27-31(7,8)9/h14-15H,12-13H2,1-11H3. The molecule has 0 unspecified atom stereocenters. The fraction of sp³-hybridized carbons (Fsp3) is 0.652. The maximum absolute atomic E-state index is 13.9. The van der Waals surface area contributed by atoms with Gasteiger partial charge in [0.2, 0.25) is 0 Å². The number of fused-ring (bicyclic) bond motifs is 3. The van der Waals surface area contributed by atoms with Gasteiger partial charge < -0.3 is 4.12 Å². The number of anilines is 1. The van der Waals surface area contributed by atoms with Crippen molar-refractivity contribution in [2.75, 3.05) is 10.8 Å². The maximum atomic E-state index is 13.9. The van der Waals surface area contributed by atoms with E-state index in [1.165, 1.54) is 4.88 Å². The van der Waals surface area contributed by atoms with Crippen LogP contribution in [0, 0.1) is 0 Å². The molecule has 0 amide bonds. The first kappa shape index (κ1) is 26.2. The Hall–Kier alpha value is -0.456. The van der Waals surface area contributed by atoms with E-state index in [0.717, 1.165) is 26.4 Å². The van der Waals surface area contributed by atoms with Gasteiger partial charge in [-0.1, -0.05) is 41.5 Å². The zero-order valence-electron chi connectivity index (χ0n) is 21.5. The molecule has 32 heavy (non-hydrogen) atoms. The van der Waals surface area contributed by atoms with Crippen molar-refractivity contribution in [1.82, 2.24) is 0 Å². The third-order valence-corrected chi connectivity index (χ3v) is 16.8. The second kappa shape index (κ2) is 8.05. The molecule has 3 heterocycles. The highest BCUT2D eigenvalue weighted by Crippen LogP contribution is 2.54. The molecule has 9 heteroatoms. The summed E-state index contributed by atoms with van der Waals surface area (Å²) in [5.74, 6) is 0. The predicted octanol–water partition coefficient (Wildman–Crippen LogP) is 7.64. The highest BCUT2D eigenvalue weighted by Gasteiger charge is 2.41. The smallest absolute Gasteiger partial charge is 0.265 e. The molecule has 0 bridgehead atoms. The third kappa shape index (κ3) is 5.28. The van der Waals surface area contributed by atoms with E-state index in [4.69, 9.17) is 4.12 Å². The van der Waals surface area contributed by atoms with Crippen LogP contribution in [0.4, 0.5) is 5.69 Å². The molecular weight excluding hydrogens is 491 g/mol. The summed E-state index contributed by atoms with van der Waals surface area (Å²) in [4.78, 5) is 4.83. The summed E-state index contributed by atoms with van der Waals surface area (Å²) in [6.07, 6.45) is 0. The van der Waals surface area contributed by atoms with E-state index in [1.54, 1.807) is 27.0 Å². The summed E-state index contributed by atoms with van der Waals surface area (Å²) in [5, 5.41) is 0. The van der Waals surface area contributed by atoms with Gasteiger partial charge in [0.05, 0.1) is 15.4 Å². The minimum Gasteiger partial charge on any atom is -0.456 e. The van der Waals surface area contributed by atoms with Gasteiger partial charge in [-0.3, -0.25) is 4.31 Å². The van der Waals surface area contributed by atoms with Gasteiger partial charge in [-0.2, -0.15) is 0 Å². The predicted molar refractivity (Wildman–Crippen MR) is 146 cm³/mol. The van der Waals surface area contributed by atoms with Gasteiger partial charge in [-0.15, -0.1) is 22.7 Å². The minimum atomic E-state index is -3.61. The van der Waals surface area contributed by atoms with E-state index in [-0.39, 0.29) is 10.8 Å². The molecule has 0 saturated carbocycles. The SMILES string of the molecule is CC(C)(C)c1cc2c(s1)-c1sc(C(C)(C)C)cc1S(=O)(=O)N2CC[Si](C)(C)O[Si](C)(C)C. The minimum absolute atomic E-state index is 0.0311. The van der Waals surface area contributed by atoms with Gasteiger partial charge >= 0.3 is 0 Å². The van der Waals surface area contributed by atoms with Crippen molar-refractivity contribution in [3.63, 3.8) is 0 Å². The molecule has 2 aromatic rings. The monoisotopic (exact) mass is 529 g/mol. The van der Waals surface area contributed by atoms with Crippen LogP contribution in [0.1, 0.15) is 51.3 Å². The molecule has 1 aliphatic rings. The van der Waals surface area contributed by atoms with Crippen LogP contribution in [0.25, 0.3) is 9.75 Å². The number of sulfonamides is 1. The second-order valence-electron chi connectivity index (χ2n) is 12.4. The fourth-order valence-electron chi connectivity index (χ4n) is 3.93. The molecule has 0 aromatic carbocycles. The van der Waals surface area contributed by atoms with Gasteiger partial charge in [-0.25, -0.2) is 8.42 Å². The molecular formula is C23H39NO3S3Si2. The Morgan fingerprint density at radius 3 is 1.88 bits per heavy atom. The molecule has 180 valence electrons. The lowest BCUT2D eigenvalue weighted by Gasteiger charge is -2.34. The largest absolute Gasteiger partial charge is 0.456 e. The van der Waals surface area contributed by atoms with Crippen molar-refractivity contribution in [2.24, 2.45) is 0 Å². The molecule has 0 atom stereocenters. The highest BCUT2D eigenvalue weighted by atomic mass is 32.2. The van der Waals surface area contributed by atoms with E-state index in [2.05, 4.69) is 80.3 Å². The van der Waals surface area contributed by atoms with Crippen molar-refractivity contribution in [3.05, 3.63) is 21.9 Å². The van der Waals surface area contributed by atoms with Crippen LogP contribution in [-0.4, -0.2) is 31.6 Å². The van der Waals surface area contributed by atoms with Crippen LogP contribution in [0.5, 0.6) is 0 Å². The zero-order chi connectivity index (χ0) is 24.5. The Balaban J connectivity index is 2.12. The first-order chi connectivity index (χ1) is 14.2. The molecule has 0 saturated heterocycles. The van der Waals surface area contributed by atoms with E-state index in [9.17, 15) is 8.42 Å². The quantitative estimate of drug-likeness (QED) is 0.374. The Bertz CT molecular complexity index is 1110. The lowest BCUT2D eigenvalue weighted by Crippen LogP contribution is -2.45. The van der Waals surface area contributed by atoms with Crippen molar-refractivity contribution in [1.29, 1.82) is 0 Å². The van der Waals surface area contributed by atoms with Crippen molar-refractivity contribution < 1.29 is 12.5 Å². The Morgan fingerprint density at radius 1 is 0.875 bits per heavy atom. The summed E-state index contributed by atoms with van der Waals surface area (Å²) < 4.78 is 36.0. The first-order valence-electron chi connectivity index (χ1n) is 11.2. The molecule has 4 nitrogen and oxygen atoms in total. The van der Waals surface area contributed by atoms with Crippen molar-refractivity contribution in [2.45, 2.75) is 96.0 Å². The molecule has 0 radical (unpaired) electrons. The summed E-state index contributed by atoms with van der Waals surface area (Å²) in [6, 6.07) is 4.82. The van der Waals surface area contributed by atoms with E-state index < -0.39 is 26.7 Å². The van der Waals surface area contributed by atoms with Crippen LogP contribution in [0.3, 0.4) is 0 Å². The lowest BCUT2D eigenvalue weighted by atomic mass is 9.94. The summed E-state index contributed by atoms with van der Waals surface area (Å²) in [5.41, 5.74) is 0.733. The first-order valence-corrected chi connectivity index (χ1v) is 20.8. The zero-order valence-corrected chi connectivity index (χ0v) is 25.9. The molecule has 0 spiro atoms. The number of hydrogen-bond donors (Lipinski definition) is 0. The average molecular weight is 530 g/mol. The Morgan fingerprint density at radius 2 is 1.38 bits per heavy atom. The average Bonchev–Trinajstić information content (AvgIpc) is 3.15. The van der Waals surface area contributed by atoms with Gasteiger partial charge in [0.1, 0.15) is 4.90 Å². The van der Waals surface area contributed by atoms with Crippen LogP contribution in [0.15, 0.2) is 17.0 Å². The number of nitrogens with zero attached hydrogens (tertiary/aromatic N) is 1. The van der Waals surface area contributed by atoms with Crippen LogP contribution < -0.4 is 4.31 Å². The van der Waals surface area contributed by atoms with E-state index in [0.29, 0.717) is 11.4 Å².